The fraction of sp³-hybridized carbons (Fsp3) is 0.909. The summed E-state index contributed by atoms with van der Waals surface area (Å²) in [5.74, 6) is 0. The first kappa shape index (κ1) is 9.97. The van der Waals surface area contributed by atoms with E-state index in [-0.39, 0.29) is 0 Å². The lowest BCUT2D eigenvalue weighted by Crippen LogP contribution is -2.38. The maximum Gasteiger partial charge on any atom is 0.0742 e. The molecule has 0 bridgehead atoms. The van der Waals surface area contributed by atoms with Crippen molar-refractivity contribution in [3.05, 3.63) is 0 Å². The fourth-order valence-electron chi connectivity index (χ4n) is 2.73. The van der Waals surface area contributed by atoms with Crippen molar-refractivity contribution in [2.75, 3.05) is 13.1 Å². The third kappa shape index (κ3) is 2.08. The minimum Gasteiger partial charge on any atom is -0.411 e. The van der Waals surface area contributed by atoms with Gasteiger partial charge in [-0.1, -0.05) is 18.0 Å². The highest BCUT2D eigenvalue weighted by Gasteiger charge is 2.28. The molecule has 1 heterocycles. The molecule has 0 aromatic heterocycles. The molecule has 14 heavy (non-hydrogen) atoms. The first-order valence-electron chi connectivity index (χ1n) is 5.86. The van der Waals surface area contributed by atoms with Gasteiger partial charge in [-0.15, -0.1) is 0 Å². The van der Waals surface area contributed by atoms with Crippen molar-refractivity contribution in [1.82, 2.24) is 4.90 Å². The molecule has 1 atom stereocenters. The van der Waals surface area contributed by atoms with E-state index in [4.69, 9.17) is 5.21 Å². The van der Waals surface area contributed by atoms with Gasteiger partial charge in [0.1, 0.15) is 0 Å². The number of hydrogen-bond acceptors (Lipinski definition) is 3. The number of nitrogens with zero attached hydrogens (tertiary/aromatic N) is 2. The highest BCUT2D eigenvalue weighted by molar-refractivity contribution is 5.90. The van der Waals surface area contributed by atoms with Crippen LogP contribution < -0.4 is 0 Å². The molecule has 1 saturated carbocycles. The maximum atomic E-state index is 8.90. The Morgan fingerprint density at radius 1 is 1.07 bits per heavy atom. The summed E-state index contributed by atoms with van der Waals surface area (Å²) in [7, 11) is 0. The fourth-order valence-corrected chi connectivity index (χ4v) is 2.73. The van der Waals surface area contributed by atoms with Crippen LogP contribution in [-0.2, 0) is 0 Å². The average Bonchev–Trinajstić information content (AvgIpc) is 2.52. The summed E-state index contributed by atoms with van der Waals surface area (Å²) >= 11 is 0. The van der Waals surface area contributed by atoms with Gasteiger partial charge in [0.15, 0.2) is 0 Å². The van der Waals surface area contributed by atoms with Crippen molar-refractivity contribution in [1.29, 1.82) is 0 Å². The van der Waals surface area contributed by atoms with Gasteiger partial charge in [-0.3, -0.25) is 4.90 Å². The second-order valence-corrected chi connectivity index (χ2v) is 4.45. The normalized spacial score (nSPS) is 33.4. The van der Waals surface area contributed by atoms with E-state index in [0.29, 0.717) is 6.04 Å². The lowest BCUT2D eigenvalue weighted by Gasteiger charge is -2.26. The maximum absolute atomic E-state index is 8.90. The zero-order valence-electron chi connectivity index (χ0n) is 8.78. The summed E-state index contributed by atoms with van der Waals surface area (Å²) < 4.78 is 0. The molecular formula is C11H20N2O. The average molecular weight is 196 g/mol. The van der Waals surface area contributed by atoms with Gasteiger partial charge in [-0.2, -0.15) is 0 Å². The lowest BCUT2D eigenvalue weighted by molar-refractivity contribution is 0.242. The van der Waals surface area contributed by atoms with E-state index in [1.54, 1.807) is 0 Å². The molecule has 2 aliphatic rings. The second kappa shape index (κ2) is 4.78. The summed E-state index contributed by atoms with van der Waals surface area (Å²) in [5.41, 5.74) is 1.02. The molecular weight excluding hydrogens is 176 g/mol. The topological polar surface area (TPSA) is 35.8 Å². The van der Waals surface area contributed by atoms with Crippen LogP contribution in [0.5, 0.6) is 0 Å². The Labute approximate surface area is 85.8 Å². The van der Waals surface area contributed by atoms with Gasteiger partial charge in [0.25, 0.3) is 0 Å². The molecule has 0 spiro atoms. The molecule has 0 radical (unpaired) electrons. The highest BCUT2D eigenvalue weighted by Crippen LogP contribution is 2.24. The van der Waals surface area contributed by atoms with E-state index < -0.39 is 0 Å². The van der Waals surface area contributed by atoms with Crippen molar-refractivity contribution < 1.29 is 5.21 Å². The van der Waals surface area contributed by atoms with Crippen LogP contribution in [0.15, 0.2) is 5.16 Å². The largest absolute Gasteiger partial charge is 0.411 e. The van der Waals surface area contributed by atoms with Gasteiger partial charge in [0.05, 0.1) is 11.8 Å². The van der Waals surface area contributed by atoms with E-state index in [9.17, 15) is 0 Å². The van der Waals surface area contributed by atoms with Gasteiger partial charge in [-0.05, 0) is 45.2 Å². The highest BCUT2D eigenvalue weighted by atomic mass is 16.4. The predicted molar refractivity (Wildman–Crippen MR) is 56.9 cm³/mol. The van der Waals surface area contributed by atoms with Crippen LogP contribution in [0.2, 0.25) is 0 Å². The lowest BCUT2D eigenvalue weighted by atomic mass is 10.2. The molecule has 80 valence electrons. The second-order valence-electron chi connectivity index (χ2n) is 4.45. The number of rotatable bonds is 1. The zero-order chi connectivity index (χ0) is 9.80. The van der Waals surface area contributed by atoms with Gasteiger partial charge in [0, 0.05) is 0 Å². The van der Waals surface area contributed by atoms with E-state index in [0.717, 1.165) is 12.1 Å². The van der Waals surface area contributed by atoms with Crippen LogP contribution >= 0.6 is 0 Å². The van der Waals surface area contributed by atoms with Crippen LogP contribution in [0.4, 0.5) is 0 Å². The minimum absolute atomic E-state index is 0.457. The summed E-state index contributed by atoms with van der Waals surface area (Å²) in [6.07, 6.45) is 8.76. The molecule has 0 amide bonds. The molecule has 1 aliphatic carbocycles. The number of hydrogen-bond donors (Lipinski definition) is 1. The molecule has 1 aliphatic heterocycles. The zero-order valence-corrected chi connectivity index (χ0v) is 8.78. The third-order valence-corrected chi connectivity index (χ3v) is 3.50. The molecule has 3 nitrogen and oxygen atoms in total. The smallest absolute Gasteiger partial charge is 0.0742 e. The molecule has 3 heteroatoms. The van der Waals surface area contributed by atoms with Crippen molar-refractivity contribution in [3.8, 4) is 0 Å². The van der Waals surface area contributed by atoms with Gasteiger partial charge < -0.3 is 5.21 Å². The SMILES string of the molecule is O/N=C1\CCC[C@H]1N1CCCCCC1. The van der Waals surface area contributed by atoms with E-state index >= 15 is 0 Å². The van der Waals surface area contributed by atoms with Crippen molar-refractivity contribution in [2.45, 2.75) is 51.0 Å². The van der Waals surface area contributed by atoms with Gasteiger partial charge in [0.2, 0.25) is 0 Å². The monoisotopic (exact) mass is 196 g/mol. The van der Waals surface area contributed by atoms with Crippen LogP contribution in [0.1, 0.15) is 44.9 Å². The summed E-state index contributed by atoms with van der Waals surface area (Å²) in [6.45, 7) is 2.40. The van der Waals surface area contributed by atoms with Crippen molar-refractivity contribution in [2.24, 2.45) is 5.16 Å². The van der Waals surface area contributed by atoms with Crippen molar-refractivity contribution >= 4 is 5.71 Å². The first-order valence-corrected chi connectivity index (χ1v) is 5.86. The Bertz CT molecular complexity index is 207. The minimum atomic E-state index is 0.457. The molecule has 0 unspecified atom stereocenters. The van der Waals surface area contributed by atoms with Gasteiger partial charge >= 0.3 is 0 Å². The summed E-state index contributed by atoms with van der Waals surface area (Å²) in [5, 5.41) is 12.3. The third-order valence-electron chi connectivity index (χ3n) is 3.50. The van der Waals surface area contributed by atoms with E-state index in [1.165, 1.54) is 51.6 Å². The van der Waals surface area contributed by atoms with E-state index in [2.05, 4.69) is 10.1 Å². The number of oxime groups is 1. The summed E-state index contributed by atoms with van der Waals surface area (Å²) in [4.78, 5) is 2.52. The molecule has 1 saturated heterocycles. The first-order chi connectivity index (χ1) is 6.92. The van der Waals surface area contributed by atoms with Crippen LogP contribution in [0, 0.1) is 0 Å². The standard InChI is InChI=1S/C11H20N2O/c14-12-10-6-5-7-11(10)13-8-3-1-2-4-9-13/h11,14H,1-9H2/b12-10+/t11-/m1/s1. The quantitative estimate of drug-likeness (QED) is 0.515. The van der Waals surface area contributed by atoms with E-state index in [1.807, 2.05) is 0 Å². The van der Waals surface area contributed by atoms with Crippen LogP contribution in [0.3, 0.4) is 0 Å². The summed E-state index contributed by atoms with van der Waals surface area (Å²) in [6, 6.07) is 0.457. The van der Waals surface area contributed by atoms with Crippen molar-refractivity contribution in [3.63, 3.8) is 0 Å². The molecule has 2 rings (SSSR count). The Balaban J connectivity index is 1.98. The Morgan fingerprint density at radius 3 is 2.43 bits per heavy atom. The Kier molecular flexibility index (Phi) is 3.40. The Morgan fingerprint density at radius 2 is 1.79 bits per heavy atom. The van der Waals surface area contributed by atoms with Crippen LogP contribution in [0.25, 0.3) is 0 Å². The predicted octanol–water partition coefficient (Wildman–Crippen LogP) is 2.25. The van der Waals surface area contributed by atoms with Gasteiger partial charge in [-0.25, -0.2) is 0 Å². The molecule has 2 fully saturated rings. The molecule has 0 aromatic rings. The molecule has 1 N–H and O–H groups in total. The van der Waals surface area contributed by atoms with Crippen LogP contribution in [-0.4, -0.2) is 35.0 Å². The molecule has 0 aromatic carbocycles. The Hall–Kier alpha value is -0.570. The number of likely N-dealkylation sites (tertiary alicyclic amines) is 1.